The van der Waals surface area contributed by atoms with Crippen LogP contribution in [0.5, 0.6) is 0 Å². The third-order valence-corrected chi connectivity index (χ3v) is 3.63. The molecule has 138 valence electrons. The maximum absolute atomic E-state index is 12.0. The van der Waals surface area contributed by atoms with E-state index in [1.807, 2.05) is 0 Å². The van der Waals surface area contributed by atoms with Crippen molar-refractivity contribution in [3.8, 4) is 0 Å². The lowest BCUT2D eigenvalue weighted by molar-refractivity contribution is -0.141. The maximum atomic E-state index is 12.0. The van der Waals surface area contributed by atoms with Crippen LogP contribution in [0, 0.1) is 0 Å². The number of aliphatic hydroxyl groups is 1. The van der Waals surface area contributed by atoms with Crippen molar-refractivity contribution in [2.75, 3.05) is 18.1 Å². The quantitative estimate of drug-likeness (QED) is 0.183. The Hall–Kier alpha value is -1.50. The van der Waals surface area contributed by atoms with Crippen molar-refractivity contribution in [3.63, 3.8) is 0 Å². The van der Waals surface area contributed by atoms with Crippen LogP contribution in [0.2, 0.25) is 0 Å². The van der Waals surface area contributed by atoms with Gasteiger partial charge in [0.25, 0.3) is 0 Å². The molecule has 0 spiro atoms. The summed E-state index contributed by atoms with van der Waals surface area (Å²) in [5.41, 5.74) is 5.31. The molecule has 24 heavy (non-hydrogen) atoms. The number of hydrogen-bond acceptors (Lipinski definition) is 8. The van der Waals surface area contributed by atoms with Gasteiger partial charge in [-0.15, -0.1) is 0 Å². The molecule has 0 aromatic rings. The van der Waals surface area contributed by atoms with Gasteiger partial charge in [0.1, 0.15) is 24.2 Å². The number of nitrogens with one attached hydrogen (secondary N) is 3. The molecule has 0 radical (unpaired) electrons. The summed E-state index contributed by atoms with van der Waals surface area (Å²) < 4.78 is 0. The van der Waals surface area contributed by atoms with Crippen molar-refractivity contribution in [1.29, 1.82) is 0 Å². The molecular formula is C12H22N4O6S2. The first kappa shape index (κ1) is 22.5. The van der Waals surface area contributed by atoms with Crippen LogP contribution in [0.3, 0.4) is 0 Å². The van der Waals surface area contributed by atoms with Crippen molar-refractivity contribution in [2.24, 2.45) is 5.73 Å². The van der Waals surface area contributed by atoms with Crippen molar-refractivity contribution in [1.82, 2.24) is 16.0 Å². The number of hydrogen-bond donors (Lipinski definition) is 8. The number of carbonyl (C=O) groups is 4. The topological polar surface area (TPSA) is 171 Å². The molecule has 0 aliphatic carbocycles. The van der Waals surface area contributed by atoms with E-state index in [4.69, 9.17) is 15.9 Å². The third-order valence-electron chi connectivity index (χ3n) is 2.90. The number of aliphatic carboxylic acids is 1. The highest BCUT2D eigenvalue weighted by Gasteiger charge is 2.27. The van der Waals surface area contributed by atoms with Crippen LogP contribution in [-0.2, 0) is 19.2 Å². The minimum absolute atomic E-state index is 0.0900. The van der Waals surface area contributed by atoms with Gasteiger partial charge in [-0.25, -0.2) is 4.79 Å². The van der Waals surface area contributed by atoms with Gasteiger partial charge in [-0.2, -0.15) is 25.3 Å². The Bertz CT molecular complexity index is 478. The highest BCUT2D eigenvalue weighted by atomic mass is 32.1. The number of aliphatic hydroxyl groups excluding tert-OH is 1. The van der Waals surface area contributed by atoms with Gasteiger partial charge in [0.05, 0.1) is 6.61 Å². The number of thiol groups is 2. The number of carboxylic acids is 1. The molecule has 10 nitrogen and oxygen atoms in total. The fraction of sp³-hybridized carbons (Fsp3) is 0.667. The molecule has 0 saturated heterocycles. The van der Waals surface area contributed by atoms with Crippen LogP contribution >= 0.6 is 25.3 Å². The molecule has 0 aliphatic rings. The van der Waals surface area contributed by atoms with E-state index in [-0.39, 0.29) is 11.5 Å². The van der Waals surface area contributed by atoms with Crippen molar-refractivity contribution >= 4 is 48.9 Å². The SMILES string of the molecule is CC(NC(=O)C(N)CO)C(=O)NC(CS)C(=O)NC(CS)C(=O)O. The number of carboxylic acid groups (broad SMARTS) is 1. The summed E-state index contributed by atoms with van der Waals surface area (Å²) in [7, 11) is 0. The normalized spacial score (nSPS) is 15.5. The zero-order chi connectivity index (χ0) is 18.9. The fourth-order valence-electron chi connectivity index (χ4n) is 1.42. The fourth-order valence-corrected chi connectivity index (χ4v) is 1.92. The van der Waals surface area contributed by atoms with Gasteiger partial charge in [-0.05, 0) is 6.92 Å². The average Bonchev–Trinajstić information content (AvgIpc) is 2.55. The molecule has 7 N–H and O–H groups in total. The summed E-state index contributed by atoms with van der Waals surface area (Å²) in [5.74, 6) is -3.65. The summed E-state index contributed by atoms with van der Waals surface area (Å²) in [6.07, 6.45) is 0. The Morgan fingerprint density at radius 2 is 1.46 bits per heavy atom. The van der Waals surface area contributed by atoms with Gasteiger partial charge in [0, 0.05) is 11.5 Å². The van der Waals surface area contributed by atoms with E-state index in [9.17, 15) is 19.2 Å². The molecule has 12 heteroatoms. The molecule has 0 fully saturated rings. The van der Waals surface area contributed by atoms with Gasteiger partial charge < -0.3 is 31.9 Å². The summed E-state index contributed by atoms with van der Waals surface area (Å²) in [6.45, 7) is 0.779. The van der Waals surface area contributed by atoms with Crippen LogP contribution in [0.15, 0.2) is 0 Å². The monoisotopic (exact) mass is 382 g/mol. The first-order chi connectivity index (χ1) is 11.2. The smallest absolute Gasteiger partial charge is 0.327 e. The van der Waals surface area contributed by atoms with Crippen LogP contribution in [0.4, 0.5) is 0 Å². The highest BCUT2D eigenvalue weighted by Crippen LogP contribution is 1.95. The van der Waals surface area contributed by atoms with E-state index in [0.29, 0.717) is 0 Å². The Balaban J connectivity index is 4.69. The Morgan fingerprint density at radius 1 is 0.958 bits per heavy atom. The van der Waals surface area contributed by atoms with Crippen LogP contribution in [0.1, 0.15) is 6.92 Å². The second-order valence-electron chi connectivity index (χ2n) is 4.85. The molecular weight excluding hydrogens is 360 g/mol. The number of rotatable bonds is 10. The van der Waals surface area contributed by atoms with Crippen molar-refractivity contribution in [3.05, 3.63) is 0 Å². The predicted octanol–water partition coefficient (Wildman–Crippen LogP) is -3.28. The van der Waals surface area contributed by atoms with Crippen molar-refractivity contribution in [2.45, 2.75) is 31.1 Å². The minimum Gasteiger partial charge on any atom is -0.480 e. The molecule has 0 heterocycles. The highest BCUT2D eigenvalue weighted by molar-refractivity contribution is 7.80. The Labute approximate surface area is 149 Å². The molecule has 4 atom stereocenters. The molecule has 3 amide bonds. The second-order valence-corrected chi connectivity index (χ2v) is 5.58. The second kappa shape index (κ2) is 11.1. The van der Waals surface area contributed by atoms with E-state index < -0.39 is 54.5 Å². The third kappa shape index (κ3) is 7.38. The van der Waals surface area contributed by atoms with E-state index in [0.717, 1.165) is 0 Å². The molecule has 0 rings (SSSR count). The molecule has 0 aliphatic heterocycles. The average molecular weight is 382 g/mol. The Morgan fingerprint density at radius 3 is 1.88 bits per heavy atom. The molecule has 0 aromatic carbocycles. The minimum atomic E-state index is -1.26. The molecule has 4 unspecified atom stereocenters. The van der Waals surface area contributed by atoms with E-state index in [1.165, 1.54) is 6.92 Å². The lowest BCUT2D eigenvalue weighted by Gasteiger charge is -2.22. The predicted molar refractivity (Wildman–Crippen MR) is 91.9 cm³/mol. The van der Waals surface area contributed by atoms with Crippen LogP contribution in [-0.4, -0.2) is 76.2 Å². The van der Waals surface area contributed by atoms with Gasteiger partial charge in [-0.3, -0.25) is 14.4 Å². The Kier molecular flexibility index (Phi) is 10.4. The van der Waals surface area contributed by atoms with Gasteiger partial charge in [0.2, 0.25) is 17.7 Å². The number of nitrogens with two attached hydrogens (primary N) is 1. The zero-order valence-electron chi connectivity index (χ0n) is 12.9. The lowest BCUT2D eigenvalue weighted by atomic mass is 10.2. The van der Waals surface area contributed by atoms with Crippen molar-refractivity contribution < 1.29 is 29.4 Å². The summed E-state index contributed by atoms with van der Waals surface area (Å²) in [5, 5.41) is 24.4. The maximum Gasteiger partial charge on any atom is 0.327 e. The van der Waals surface area contributed by atoms with Crippen LogP contribution < -0.4 is 21.7 Å². The summed E-state index contributed by atoms with van der Waals surface area (Å²) >= 11 is 7.75. The zero-order valence-corrected chi connectivity index (χ0v) is 14.7. The van der Waals surface area contributed by atoms with E-state index in [2.05, 4.69) is 41.2 Å². The number of amides is 3. The lowest BCUT2D eigenvalue weighted by Crippen LogP contribution is -2.57. The van der Waals surface area contributed by atoms with E-state index >= 15 is 0 Å². The van der Waals surface area contributed by atoms with E-state index in [1.54, 1.807) is 0 Å². The van der Waals surface area contributed by atoms with Gasteiger partial charge >= 0.3 is 5.97 Å². The number of carbonyl (C=O) groups excluding carboxylic acids is 3. The molecule has 0 aromatic heterocycles. The molecule has 0 bridgehead atoms. The summed E-state index contributed by atoms with van der Waals surface area (Å²) in [6, 6.07) is -4.50. The summed E-state index contributed by atoms with van der Waals surface area (Å²) in [4.78, 5) is 46.3. The first-order valence-corrected chi connectivity index (χ1v) is 8.16. The largest absolute Gasteiger partial charge is 0.480 e. The standard InChI is InChI=1S/C12H22N4O6S2/c1-5(14-10(19)6(13)2-17)9(18)15-7(3-23)11(20)16-8(4-24)12(21)22/h5-8,17,23-24H,2-4,13H2,1H3,(H,14,19)(H,15,18)(H,16,20)(H,21,22). The first-order valence-electron chi connectivity index (χ1n) is 6.89. The van der Waals surface area contributed by atoms with Gasteiger partial charge in [0.15, 0.2) is 0 Å². The van der Waals surface area contributed by atoms with Gasteiger partial charge in [-0.1, -0.05) is 0 Å². The van der Waals surface area contributed by atoms with Crippen LogP contribution in [0.25, 0.3) is 0 Å². The molecule has 0 saturated carbocycles.